The van der Waals surface area contributed by atoms with Gasteiger partial charge in [-0.15, -0.1) is 0 Å². The Balaban J connectivity index is 1.87. The summed E-state index contributed by atoms with van der Waals surface area (Å²) >= 11 is 0. The average Bonchev–Trinajstić information content (AvgIpc) is 2.80. The molecule has 7 nitrogen and oxygen atoms in total. The molecule has 0 unspecified atom stereocenters. The molecule has 152 valence electrons. The number of rotatable bonds is 7. The van der Waals surface area contributed by atoms with Gasteiger partial charge in [-0.3, -0.25) is 19.3 Å². The number of imide groups is 2. The second-order valence-electron chi connectivity index (χ2n) is 8.94. The number of carbonyl (C=O) groups excluding carboxylic acids is 4. The highest BCUT2D eigenvalue weighted by molar-refractivity contribution is 6.45. The molecule has 1 aliphatic carbocycles. The molecule has 2 rings (SSSR count). The van der Waals surface area contributed by atoms with E-state index in [-0.39, 0.29) is 24.4 Å². The van der Waals surface area contributed by atoms with Gasteiger partial charge < -0.3 is 5.32 Å². The molecule has 1 heterocycles. The largest absolute Gasteiger partial charge is 0.352 e. The fraction of sp³-hybridized carbons (Fsp3) is 0.800. The van der Waals surface area contributed by atoms with Crippen LogP contribution >= 0.6 is 0 Å². The van der Waals surface area contributed by atoms with Gasteiger partial charge in [-0.05, 0) is 42.9 Å². The van der Waals surface area contributed by atoms with Gasteiger partial charge in [0.1, 0.15) is 6.54 Å². The highest BCUT2D eigenvalue weighted by atomic mass is 16.2. The molecular formula is C20H33N3O4. The smallest absolute Gasteiger partial charge is 0.334 e. The molecule has 0 bridgehead atoms. The van der Waals surface area contributed by atoms with Crippen LogP contribution in [0.5, 0.6) is 0 Å². The number of amides is 5. The number of hydrogen-bond acceptors (Lipinski definition) is 4. The third-order valence-electron chi connectivity index (χ3n) is 6.09. The van der Waals surface area contributed by atoms with E-state index in [2.05, 4.69) is 26.1 Å². The lowest BCUT2D eigenvalue weighted by Gasteiger charge is -2.39. The Morgan fingerprint density at radius 3 is 2.15 bits per heavy atom. The van der Waals surface area contributed by atoms with Crippen molar-refractivity contribution in [3.63, 3.8) is 0 Å². The van der Waals surface area contributed by atoms with Gasteiger partial charge in [0.05, 0.1) is 0 Å². The normalized spacial score (nSPS) is 24.1. The van der Waals surface area contributed by atoms with Crippen LogP contribution in [0.25, 0.3) is 0 Å². The lowest BCUT2D eigenvalue weighted by Crippen LogP contribution is -2.46. The monoisotopic (exact) mass is 379 g/mol. The zero-order chi connectivity index (χ0) is 20.4. The van der Waals surface area contributed by atoms with E-state index < -0.39 is 24.4 Å². The van der Waals surface area contributed by atoms with E-state index >= 15 is 0 Å². The zero-order valence-electron chi connectivity index (χ0n) is 17.2. The summed E-state index contributed by atoms with van der Waals surface area (Å²) in [6.07, 6.45) is 5.07. The third-order valence-corrected chi connectivity index (χ3v) is 6.09. The van der Waals surface area contributed by atoms with Gasteiger partial charge in [-0.2, -0.15) is 0 Å². The first-order chi connectivity index (χ1) is 12.6. The molecule has 2 aliphatic rings. The molecule has 2 fully saturated rings. The number of carbonyl (C=O) groups is 4. The van der Waals surface area contributed by atoms with Crippen LogP contribution in [0.2, 0.25) is 0 Å². The van der Waals surface area contributed by atoms with Gasteiger partial charge in [0.15, 0.2) is 0 Å². The molecule has 0 spiro atoms. The number of nitrogens with one attached hydrogen (secondary N) is 1. The molecule has 1 saturated carbocycles. The Morgan fingerprint density at radius 2 is 1.63 bits per heavy atom. The van der Waals surface area contributed by atoms with E-state index in [0.717, 1.165) is 41.9 Å². The van der Waals surface area contributed by atoms with Gasteiger partial charge in [0.2, 0.25) is 5.91 Å². The van der Waals surface area contributed by atoms with Crippen molar-refractivity contribution >= 4 is 23.8 Å². The molecule has 0 radical (unpaired) electrons. The molecule has 1 aliphatic heterocycles. The molecule has 5 amide bonds. The van der Waals surface area contributed by atoms with Gasteiger partial charge in [-0.25, -0.2) is 9.69 Å². The van der Waals surface area contributed by atoms with Crippen molar-refractivity contribution in [1.82, 2.24) is 15.1 Å². The lowest BCUT2D eigenvalue weighted by atomic mass is 9.69. The second-order valence-corrected chi connectivity index (χ2v) is 8.94. The highest BCUT2D eigenvalue weighted by Crippen LogP contribution is 2.40. The SMILES string of the molecule is CCC(C)(C)C1CCC(NC(=O)CN2C(=O)C(=O)N(CC(C)C)C2=O)CC1. The molecule has 27 heavy (non-hydrogen) atoms. The zero-order valence-corrected chi connectivity index (χ0v) is 17.2. The Hall–Kier alpha value is -1.92. The van der Waals surface area contributed by atoms with Gasteiger partial charge in [-0.1, -0.05) is 41.0 Å². The van der Waals surface area contributed by atoms with Crippen LogP contribution < -0.4 is 5.32 Å². The van der Waals surface area contributed by atoms with Crippen molar-refractivity contribution in [2.45, 2.75) is 72.8 Å². The van der Waals surface area contributed by atoms with Crippen LogP contribution in [0.15, 0.2) is 0 Å². The predicted octanol–water partition coefficient (Wildman–Crippen LogP) is 2.54. The molecule has 0 atom stereocenters. The quantitative estimate of drug-likeness (QED) is 0.544. The first-order valence-corrected chi connectivity index (χ1v) is 10.0. The van der Waals surface area contributed by atoms with Crippen molar-refractivity contribution < 1.29 is 19.2 Å². The van der Waals surface area contributed by atoms with E-state index in [1.807, 2.05) is 13.8 Å². The summed E-state index contributed by atoms with van der Waals surface area (Å²) in [7, 11) is 0. The topological polar surface area (TPSA) is 86.8 Å². The van der Waals surface area contributed by atoms with E-state index in [0.29, 0.717) is 11.3 Å². The fourth-order valence-corrected chi connectivity index (χ4v) is 3.94. The first-order valence-electron chi connectivity index (χ1n) is 10.0. The van der Waals surface area contributed by atoms with Gasteiger partial charge in [0.25, 0.3) is 0 Å². The molecule has 7 heteroatoms. The van der Waals surface area contributed by atoms with Crippen LogP contribution in [0.4, 0.5) is 4.79 Å². The van der Waals surface area contributed by atoms with Gasteiger partial charge >= 0.3 is 17.8 Å². The van der Waals surface area contributed by atoms with E-state index in [1.54, 1.807) is 0 Å². The van der Waals surface area contributed by atoms with Gasteiger partial charge in [0, 0.05) is 12.6 Å². The Morgan fingerprint density at radius 1 is 1.07 bits per heavy atom. The molecule has 0 aromatic heterocycles. The molecule has 1 saturated heterocycles. The van der Waals surface area contributed by atoms with E-state index in [4.69, 9.17) is 0 Å². The fourth-order valence-electron chi connectivity index (χ4n) is 3.94. The van der Waals surface area contributed by atoms with Crippen LogP contribution in [0, 0.1) is 17.3 Å². The van der Waals surface area contributed by atoms with Crippen LogP contribution in [0.1, 0.15) is 66.7 Å². The average molecular weight is 380 g/mol. The number of nitrogens with zero attached hydrogens (tertiary/aromatic N) is 2. The Kier molecular flexibility index (Phi) is 6.65. The number of urea groups is 1. The van der Waals surface area contributed by atoms with E-state index in [9.17, 15) is 19.2 Å². The third kappa shape index (κ3) is 4.87. The van der Waals surface area contributed by atoms with E-state index in [1.165, 1.54) is 0 Å². The molecule has 0 aromatic rings. The minimum Gasteiger partial charge on any atom is -0.352 e. The maximum absolute atomic E-state index is 12.3. The van der Waals surface area contributed by atoms with Crippen LogP contribution in [-0.2, 0) is 14.4 Å². The summed E-state index contributed by atoms with van der Waals surface area (Å²) in [5.74, 6) is -1.43. The lowest BCUT2D eigenvalue weighted by molar-refractivity contribution is -0.144. The Bertz CT molecular complexity index is 606. The highest BCUT2D eigenvalue weighted by Gasteiger charge is 2.45. The summed E-state index contributed by atoms with van der Waals surface area (Å²) in [5.41, 5.74) is 0.309. The summed E-state index contributed by atoms with van der Waals surface area (Å²) in [6.45, 7) is 10.3. The standard InChI is InChI=1S/C20H33N3O4/c1-6-20(4,5)14-7-9-15(10-8-14)21-16(24)12-23-18(26)17(25)22(19(23)27)11-13(2)3/h13-15H,6-12H2,1-5H3,(H,21,24). The summed E-state index contributed by atoms with van der Waals surface area (Å²) in [4.78, 5) is 50.4. The van der Waals surface area contributed by atoms with Crippen LogP contribution in [-0.4, -0.2) is 52.7 Å². The van der Waals surface area contributed by atoms with Crippen molar-refractivity contribution in [2.75, 3.05) is 13.1 Å². The van der Waals surface area contributed by atoms with Crippen molar-refractivity contribution in [3.8, 4) is 0 Å². The van der Waals surface area contributed by atoms with Crippen molar-refractivity contribution in [1.29, 1.82) is 0 Å². The summed E-state index contributed by atoms with van der Waals surface area (Å²) in [5, 5.41) is 2.93. The van der Waals surface area contributed by atoms with Crippen LogP contribution in [0.3, 0.4) is 0 Å². The summed E-state index contributed by atoms with van der Waals surface area (Å²) < 4.78 is 0. The number of hydrogen-bond donors (Lipinski definition) is 1. The minimum absolute atomic E-state index is 0.0574. The summed E-state index contributed by atoms with van der Waals surface area (Å²) in [6, 6.07) is -0.626. The second kappa shape index (κ2) is 8.40. The predicted molar refractivity (Wildman–Crippen MR) is 102 cm³/mol. The molecular weight excluding hydrogens is 346 g/mol. The molecule has 1 N–H and O–H groups in total. The van der Waals surface area contributed by atoms with Crippen molar-refractivity contribution in [2.24, 2.45) is 17.3 Å². The maximum Gasteiger partial charge on any atom is 0.334 e. The maximum atomic E-state index is 12.3. The molecule has 0 aromatic carbocycles. The minimum atomic E-state index is -0.913. The Labute approximate surface area is 161 Å². The first kappa shape index (κ1) is 21.4. The van der Waals surface area contributed by atoms with Crippen molar-refractivity contribution in [3.05, 3.63) is 0 Å².